The summed E-state index contributed by atoms with van der Waals surface area (Å²) >= 11 is 0. The third-order valence-corrected chi connectivity index (χ3v) is 6.20. The Bertz CT molecular complexity index is 930. The molecule has 1 heterocycles. The van der Waals surface area contributed by atoms with Gasteiger partial charge in [0.05, 0.1) is 5.56 Å². The molecule has 0 aromatic heterocycles. The van der Waals surface area contributed by atoms with E-state index in [0.717, 1.165) is 44.1 Å². The third kappa shape index (κ3) is 4.14. The fourth-order valence-corrected chi connectivity index (χ4v) is 4.43. The number of phenols is 1. The van der Waals surface area contributed by atoms with Gasteiger partial charge in [-0.3, -0.25) is 9.59 Å². The summed E-state index contributed by atoms with van der Waals surface area (Å²) in [5, 5.41) is 13.5. The van der Waals surface area contributed by atoms with Gasteiger partial charge in [0.2, 0.25) is 0 Å². The molecule has 2 amide bonds. The van der Waals surface area contributed by atoms with Crippen molar-refractivity contribution in [2.24, 2.45) is 0 Å². The highest BCUT2D eigenvalue weighted by atomic mass is 16.3. The minimum Gasteiger partial charge on any atom is -0.507 e. The number of nitrogens with one attached hydrogen (secondary N) is 1. The van der Waals surface area contributed by atoms with E-state index in [1.165, 1.54) is 11.1 Å². The van der Waals surface area contributed by atoms with Crippen LogP contribution in [-0.2, 0) is 12.8 Å². The molecule has 5 heteroatoms. The Labute approximate surface area is 171 Å². The largest absolute Gasteiger partial charge is 0.507 e. The minimum atomic E-state index is -0.112. The van der Waals surface area contributed by atoms with E-state index in [9.17, 15) is 14.7 Å². The summed E-state index contributed by atoms with van der Waals surface area (Å²) in [4.78, 5) is 27.3. The molecule has 0 unspecified atom stereocenters. The number of likely N-dealkylation sites (tertiary alicyclic amines) is 1. The van der Waals surface area contributed by atoms with E-state index in [1.54, 1.807) is 11.0 Å². The van der Waals surface area contributed by atoms with Crippen LogP contribution in [0.3, 0.4) is 0 Å². The average molecular weight is 392 g/mol. The summed E-state index contributed by atoms with van der Waals surface area (Å²) in [6, 6.07) is 11.3. The van der Waals surface area contributed by atoms with Gasteiger partial charge in [-0.15, -0.1) is 0 Å². The molecule has 2 aliphatic rings. The molecule has 0 saturated carbocycles. The maximum absolute atomic E-state index is 13.0. The van der Waals surface area contributed by atoms with Crippen molar-refractivity contribution in [1.82, 2.24) is 10.2 Å². The monoisotopic (exact) mass is 392 g/mol. The fourth-order valence-electron chi connectivity index (χ4n) is 4.43. The smallest absolute Gasteiger partial charge is 0.257 e. The lowest BCUT2D eigenvalue weighted by molar-refractivity contribution is 0.0695. The summed E-state index contributed by atoms with van der Waals surface area (Å²) in [5.41, 5.74) is 4.43. The highest BCUT2D eigenvalue weighted by molar-refractivity contribution is 5.97. The number of nitrogens with zero attached hydrogens (tertiary/aromatic N) is 1. The van der Waals surface area contributed by atoms with Crippen molar-refractivity contribution in [3.05, 3.63) is 64.2 Å². The van der Waals surface area contributed by atoms with Crippen molar-refractivity contribution in [2.75, 3.05) is 13.1 Å². The van der Waals surface area contributed by atoms with Gasteiger partial charge in [-0.25, -0.2) is 0 Å². The number of phenolic OH excluding ortho intramolecular Hbond substituents is 1. The van der Waals surface area contributed by atoms with Gasteiger partial charge in [0.15, 0.2) is 0 Å². The van der Waals surface area contributed by atoms with Crippen LogP contribution >= 0.6 is 0 Å². The van der Waals surface area contributed by atoms with E-state index in [4.69, 9.17) is 0 Å². The van der Waals surface area contributed by atoms with Crippen molar-refractivity contribution < 1.29 is 14.7 Å². The summed E-state index contributed by atoms with van der Waals surface area (Å²) in [5.74, 6) is -0.0783. The summed E-state index contributed by atoms with van der Waals surface area (Å²) < 4.78 is 0. The topological polar surface area (TPSA) is 69.6 Å². The van der Waals surface area contributed by atoms with Crippen LogP contribution in [0.4, 0.5) is 0 Å². The predicted molar refractivity (Wildman–Crippen MR) is 112 cm³/mol. The molecular weight excluding hydrogens is 364 g/mol. The Morgan fingerprint density at radius 2 is 1.66 bits per heavy atom. The Balaban J connectivity index is 1.38. The number of carbonyl (C=O) groups is 2. The molecule has 1 fully saturated rings. The highest BCUT2D eigenvalue weighted by Crippen LogP contribution is 2.30. The zero-order valence-electron chi connectivity index (χ0n) is 16.9. The second-order valence-electron chi connectivity index (χ2n) is 8.20. The van der Waals surface area contributed by atoms with Gasteiger partial charge in [-0.05, 0) is 80.3 Å². The maximum Gasteiger partial charge on any atom is 0.257 e. The van der Waals surface area contributed by atoms with Crippen LogP contribution in [0.15, 0.2) is 36.4 Å². The summed E-state index contributed by atoms with van der Waals surface area (Å²) in [7, 11) is 0. The highest BCUT2D eigenvalue weighted by Gasteiger charge is 2.27. The third-order valence-electron chi connectivity index (χ3n) is 6.20. The lowest BCUT2D eigenvalue weighted by Crippen LogP contribution is -2.46. The molecule has 0 bridgehead atoms. The molecule has 2 N–H and O–H groups in total. The van der Waals surface area contributed by atoms with Gasteiger partial charge in [0.1, 0.15) is 5.75 Å². The zero-order chi connectivity index (χ0) is 20.4. The number of amides is 2. The number of piperidine rings is 1. The Hall–Kier alpha value is -2.82. The molecule has 2 aromatic rings. The zero-order valence-corrected chi connectivity index (χ0v) is 16.9. The molecule has 1 aliphatic carbocycles. The van der Waals surface area contributed by atoms with Crippen molar-refractivity contribution >= 4 is 11.8 Å². The molecule has 1 aliphatic heterocycles. The van der Waals surface area contributed by atoms with Crippen molar-refractivity contribution in [1.29, 1.82) is 0 Å². The first-order valence-corrected chi connectivity index (χ1v) is 10.5. The first-order valence-electron chi connectivity index (χ1n) is 10.5. The SMILES string of the molecule is Cc1ccccc1C(=O)NC1CCN(C(=O)c2cc3c(cc2O)CCCC3)CC1. The van der Waals surface area contributed by atoms with Crippen LogP contribution in [0, 0.1) is 6.92 Å². The van der Waals surface area contributed by atoms with E-state index in [2.05, 4.69) is 5.32 Å². The van der Waals surface area contributed by atoms with Crippen LogP contribution in [0.5, 0.6) is 5.75 Å². The van der Waals surface area contributed by atoms with Crippen molar-refractivity contribution in [3.63, 3.8) is 0 Å². The molecule has 0 atom stereocenters. The fraction of sp³-hybridized carbons (Fsp3) is 0.417. The molecule has 5 nitrogen and oxygen atoms in total. The van der Waals surface area contributed by atoms with Gasteiger partial charge in [0, 0.05) is 24.7 Å². The van der Waals surface area contributed by atoms with Gasteiger partial charge in [-0.1, -0.05) is 18.2 Å². The summed E-state index contributed by atoms with van der Waals surface area (Å²) in [6.45, 7) is 3.09. The maximum atomic E-state index is 13.0. The standard InChI is InChI=1S/C24H28N2O3/c1-16-6-2-5-9-20(16)23(28)25-19-10-12-26(13-11-19)24(29)21-14-17-7-3-4-8-18(17)15-22(21)27/h2,5-6,9,14-15,19,27H,3-4,7-8,10-13H2,1H3,(H,25,28). The number of hydrogen-bond acceptors (Lipinski definition) is 3. The van der Waals surface area contributed by atoms with E-state index in [-0.39, 0.29) is 23.6 Å². The molecule has 2 aromatic carbocycles. The lowest BCUT2D eigenvalue weighted by atomic mass is 9.89. The number of aromatic hydroxyl groups is 1. The van der Waals surface area contributed by atoms with Crippen LogP contribution in [0.25, 0.3) is 0 Å². The minimum absolute atomic E-state index is 0.0554. The number of fused-ring (bicyclic) bond motifs is 1. The van der Waals surface area contributed by atoms with Crippen molar-refractivity contribution in [2.45, 2.75) is 51.5 Å². The predicted octanol–water partition coefficient (Wildman–Crippen LogP) is 3.61. The van der Waals surface area contributed by atoms with Gasteiger partial charge < -0.3 is 15.3 Å². The molecule has 29 heavy (non-hydrogen) atoms. The van der Waals surface area contributed by atoms with E-state index in [1.807, 2.05) is 37.3 Å². The van der Waals surface area contributed by atoms with Gasteiger partial charge in [-0.2, -0.15) is 0 Å². The Morgan fingerprint density at radius 1 is 1.00 bits per heavy atom. The number of benzene rings is 2. The lowest BCUT2D eigenvalue weighted by Gasteiger charge is -2.33. The van der Waals surface area contributed by atoms with Crippen LogP contribution in [-0.4, -0.2) is 41.0 Å². The van der Waals surface area contributed by atoms with Gasteiger partial charge in [0.25, 0.3) is 11.8 Å². The Morgan fingerprint density at radius 3 is 2.34 bits per heavy atom. The average Bonchev–Trinajstić information content (AvgIpc) is 2.73. The summed E-state index contributed by atoms with van der Waals surface area (Å²) in [6.07, 6.45) is 5.66. The molecule has 0 spiro atoms. The molecule has 4 rings (SSSR count). The van der Waals surface area contributed by atoms with Crippen LogP contribution < -0.4 is 5.32 Å². The number of rotatable bonds is 3. The number of aryl methyl sites for hydroxylation is 3. The van der Waals surface area contributed by atoms with E-state index >= 15 is 0 Å². The Kier molecular flexibility index (Phi) is 5.56. The molecule has 1 saturated heterocycles. The second-order valence-corrected chi connectivity index (χ2v) is 8.20. The van der Waals surface area contributed by atoms with Gasteiger partial charge >= 0.3 is 0 Å². The second kappa shape index (κ2) is 8.27. The molecular formula is C24H28N2O3. The normalized spacial score (nSPS) is 16.9. The molecule has 0 radical (unpaired) electrons. The quantitative estimate of drug-likeness (QED) is 0.838. The van der Waals surface area contributed by atoms with E-state index < -0.39 is 0 Å². The number of carbonyl (C=O) groups excluding carboxylic acids is 2. The van der Waals surface area contributed by atoms with Crippen LogP contribution in [0.2, 0.25) is 0 Å². The first-order chi connectivity index (χ1) is 14.0. The number of hydrogen-bond donors (Lipinski definition) is 2. The van der Waals surface area contributed by atoms with E-state index in [0.29, 0.717) is 24.2 Å². The first kappa shape index (κ1) is 19.5. The molecule has 152 valence electrons. The van der Waals surface area contributed by atoms with Crippen LogP contribution in [0.1, 0.15) is 63.1 Å². The van der Waals surface area contributed by atoms with Crippen molar-refractivity contribution in [3.8, 4) is 5.75 Å².